The summed E-state index contributed by atoms with van der Waals surface area (Å²) < 4.78 is 18.9. The number of nitrogens with zero attached hydrogens (tertiary/aromatic N) is 6. The molecule has 11 nitrogen and oxygen atoms in total. The lowest BCUT2D eigenvalue weighted by molar-refractivity contribution is -0.140. The Labute approximate surface area is 260 Å². The van der Waals surface area contributed by atoms with Gasteiger partial charge in [0.2, 0.25) is 0 Å². The topological polar surface area (TPSA) is 121 Å². The van der Waals surface area contributed by atoms with Crippen molar-refractivity contribution in [1.29, 1.82) is 0 Å². The van der Waals surface area contributed by atoms with Crippen molar-refractivity contribution in [1.82, 2.24) is 19.7 Å². The molecule has 14 heteroatoms. The second-order valence-electron chi connectivity index (χ2n) is 11.1. The fraction of sp³-hybridized carbons (Fsp3) is 0.448. The Morgan fingerprint density at radius 2 is 1.88 bits per heavy atom. The number of hydrogen-bond donors (Lipinski definition) is 0. The van der Waals surface area contributed by atoms with Gasteiger partial charge in [-0.15, -0.1) is 21.5 Å². The highest BCUT2D eigenvalue weighted by molar-refractivity contribution is 7.16. The summed E-state index contributed by atoms with van der Waals surface area (Å²) in [6, 6.07) is 11.2. The molecule has 0 aliphatic rings. The van der Waals surface area contributed by atoms with Crippen molar-refractivity contribution in [2.75, 3.05) is 32.3 Å². The van der Waals surface area contributed by atoms with E-state index in [2.05, 4.69) is 51.5 Å². The number of carbonyl (C=O) groups excluding carboxylic acids is 2. The quantitative estimate of drug-likeness (QED) is 0.0917. The van der Waals surface area contributed by atoms with Crippen LogP contribution in [0.2, 0.25) is 25.7 Å². The second-order valence-corrected chi connectivity index (χ2v) is 18.6. The normalized spacial score (nSPS) is 12.1. The van der Waals surface area contributed by atoms with Crippen LogP contribution in [0.25, 0.3) is 10.2 Å². The lowest BCUT2D eigenvalue weighted by Gasteiger charge is -2.20. The van der Waals surface area contributed by atoms with E-state index in [0.717, 1.165) is 26.6 Å². The Morgan fingerprint density at radius 3 is 2.60 bits per heavy atom. The summed E-state index contributed by atoms with van der Waals surface area (Å²) in [5.41, 5.74) is 2.11. The highest BCUT2D eigenvalue weighted by Crippen LogP contribution is 2.30. The zero-order valence-corrected chi connectivity index (χ0v) is 28.1. The van der Waals surface area contributed by atoms with Crippen molar-refractivity contribution >= 4 is 69.7 Å². The molecule has 0 aliphatic carbocycles. The number of aromatic nitrogens is 4. The van der Waals surface area contributed by atoms with Crippen LogP contribution in [-0.4, -0.2) is 67.1 Å². The molecule has 4 aromatic rings. The predicted molar refractivity (Wildman–Crippen MR) is 172 cm³/mol. The van der Waals surface area contributed by atoms with Gasteiger partial charge in [0.15, 0.2) is 27.3 Å². The van der Waals surface area contributed by atoms with Gasteiger partial charge in [0.25, 0.3) is 0 Å². The van der Waals surface area contributed by atoms with Crippen LogP contribution in [0, 0.1) is 6.92 Å². The smallest absolute Gasteiger partial charge is 0.357 e. The maximum Gasteiger partial charge on any atom is 0.357 e. The number of rotatable bonds is 14. The number of carbonyl (C=O) groups is 2. The van der Waals surface area contributed by atoms with Gasteiger partial charge in [0.05, 0.1) is 24.4 Å². The molecule has 0 aliphatic heterocycles. The van der Waals surface area contributed by atoms with Crippen molar-refractivity contribution in [3.8, 4) is 0 Å². The molecule has 4 rings (SSSR count). The van der Waals surface area contributed by atoms with Gasteiger partial charge in [0, 0.05) is 33.0 Å². The third-order valence-corrected chi connectivity index (χ3v) is 10.2. The number of thiazole rings is 2. The highest BCUT2D eigenvalue weighted by Gasteiger charge is 2.20. The summed E-state index contributed by atoms with van der Waals surface area (Å²) in [5, 5.41) is 11.2. The molecule has 43 heavy (non-hydrogen) atoms. The van der Waals surface area contributed by atoms with Gasteiger partial charge in [-0.2, -0.15) is 4.99 Å². The van der Waals surface area contributed by atoms with Gasteiger partial charge in [-0.25, -0.2) is 9.78 Å². The second kappa shape index (κ2) is 14.8. The van der Waals surface area contributed by atoms with E-state index in [9.17, 15) is 9.59 Å². The molecule has 0 saturated heterocycles. The van der Waals surface area contributed by atoms with Gasteiger partial charge in [0.1, 0.15) is 6.73 Å². The van der Waals surface area contributed by atoms with Crippen LogP contribution < -0.4 is 9.70 Å². The van der Waals surface area contributed by atoms with Crippen molar-refractivity contribution in [3.63, 3.8) is 0 Å². The van der Waals surface area contributed by atoms with Crippen LogP contribution in [0.3, 0.4) is 0 Å². The standard InChI is InChI=1S/C29H38N6O5S2Si/c1-20-17-24(34(14-10-9-13-25(36)38-2)28-30-21(18-41-28)27(37)39-3)32-33-26(20)31-29-35(19-40-15-16-43(4,5)6)22-11-7-8-12-23(22)42-29/h7-8,11-12,17-18H,9-10,13-16,19H2,1-6H3. The molecule has 0 amide bonds. The summed E-state index contributed by atoms with van der Waals surface area (Å²) in [4.78, 5) is 35.7. The summed E-state index contributed by atoms with van der Waals surface area (Å²) >= 11 is 2.89. The van der Waals surface area contributed by atoms with Gasteiger partial charge in [-0.1, -0.05) is 43.1 Å². The van der Waals surface area contributed by atoms with E-state index in [1.165, 1.54) is 25.6 Å². The Bertz CT molecular complexity index is 1630. The van der Waals surface area contributed by atoms with Crippen molar-refractivity contribution in [2.24, 2.45) is 4.99 Å². The number of methoxy groups -OCH3 is 2. The molecule has 0 N–H and O–H groups in total. The maximum absolute atomic E-state index is 12.0. The van der Waals surface area contributed by atoms with Gasteiger partial charge in [-0.05, 0) is 49.6 Å². The SMILES string of the molecule is COC(=O)CCCCN(c1cc(C)c(N=c2sc3ccccc3n2COCC[Si](C)(C)C)nn1)c1nc(C(=O)OC)cs1. The van der Waals surface area contributed by atoms with Crippen LogP contribution in [0.4, 0.5) is 16.8 Å². The summed E-state index contributed by atoms with van der Waals surface area (Å²) in [6.45, 7) is 10.6. The third-order valence-electron chi connectivity index (χ3n) is 6.59. The number of fused-ring (bicyclic) bond motifs is 1. The fourth-order valence-electron chi connectivity index (χ4n) is 4.10. The first-order chi connectivity index (χ1) is 20.6. The monoisotopic (exact) mass is 642 g/mol. The third kappa shape index (κ3) is 8.78. The molecule has 0 bridgehead atoms. The number of esters is 2. The fourth-order valence-corrected chi connectivity index (χ4v) is 6.70. The van der Waals surface area contributed by atoms with Crippen LogP contribution in [0.5, 0.6) is 0 Å². The zero-order valence-electron chi connectivity index (χ0n) is 25.5. The molecule has 230 valence electrons. The van der Waals surface area contributed by atoms with E-state index in [1.807, 2.05) is 30.0 Å². The van der Waals surface area contributed by atoms with Crippen molar-refractivity contribution in [3.05, 3.63) is 51.8 Å². The van der Waals surface area contributed by atoms with E-state index < -0.39 is 14.0 Å². The summed E-state index contributed by atoms with van der Waals surface area (Å²) in [7, 11) is 1.50. The number of ether oxygens (including phenoxy) is 3. The Hall–Kier alpha value is -3.46. The predicted octanol–water partition coefficient (Wildman–Crippen LogP) is 6.07. The minimum absolute atomic E-state index is 0.222. The van der Waals surface area contributed by atoms with Crippen LogP contribution in [0.15, 0.2) is 40.7 Å². The first-order valence-electron chi connectivity index (χ1n) is 14.0. The number of para-hydroxylation sites is 1. The van der Waals surface area contributed by atoms with Crippen LogP contribution in [-0.2, 0) is 25.7 Å². The largest absolute Gasteiger partial charge is 0.469 e. The number of anilines is 2. The highest BCUT2D eigenvalue weighted by atomic mass is 32.1. The van der Waals surface area contributed by atoms with Crippen LogP contribution >= 0.6 is 22.7 Å². The van der Waals surface area contributed by atoms with Crippen molar-refractivity contribution < 1.29 is 23.8 Å². The molecule has 0 saturated carbocycles. The molecule has 1 aromatic carbocycles. The number of benzene rings is 1. The molecule has 0 fully saturated rings. The molecule has 3 aromatic heterocycles. The van der Waals surface area contributed by atoms with E-state index in [4.69, 9.17) is 19.2 Å². The zero-order chi connectivity index (χ0) is 31.0. The lowest BCUT2D eigenvalue weighted by Crippen LogP contribution is -2.23. The molecule has 0 spiro atoms. The molecule has 0 unspecified atom stereocenters. The molecular weight excluding hydrogens is 605 g/mol. The minimum atomic E-state index is -1.20. The average molecular weight is 643 g/mol. The van der Waals surface area contributed by atoms with E-state index in [1.54, 1.807) is 16.7 Å². The lowest BCUT2D eigenvalue weighted by atomic mass is 10.2. The molecule has 0 atom stereocenters. The Morgan fingerprint density at radius 1 is 1.09 bits per heavy atom. The van der Waals surface area contributed by atoms with E-state index in [0.29, 0.717) is 55.9 Å². The molecular formula is C29H38N6O5S2Si. The van der Waals surface area contributed by atoms with Gasteiger partial charge >= 0.3 is 11.9 Å². The van der Waals surface area contributed by atoms with E-state index >= 15 is 0 Å². The summed E-state index contributed by atoms with van der Waals surface area (Å²) in [5.74, 6) is 0.311. The number of aryl methyl sites for hydroxylation is 1. The average Bonchev–Trinajstić information content (AvgIpc) is 3.60. The van der Waals surface area contributed by atoms with E-state index in [-0.39, 0.29) is 11.7 Å². The first kappa shape index (κ1) is 32.5. The maximum atomic E-state index is 12.0. The first-order valence-corrected chi connectivity index (χ1v) is 19.4. The van der Waals surface area contributed by atoms with Crippen LogP contribution in [0.1, 0.15) is 35.3 Å². The number of hydrogen-bond acceptors (Lipinski definition) is 12. The van der Waals surface area contributed by atoms with Gasteiger partial charge in [-0.3, -0.25) is 9.36 Å². The molecule has 0 radical (unpaired) electrons. The Kier molecular flexibility index (Phi) is 11.2. The minimum Gasteiger partial charge on any atom is -0.469 e. The van der Waals surface area contributed by atoms with Gasteiger partial charge < -0.3 is 19.1 Å². The number of unbranched alkanes of at least 4 members (excludes halogenated alkanes) is 1. The van der Waals surface area contributed by atoms with Crippen molar-refractivity contribution in [2.45, 2.75) is 58.6 Å². The summed E-state index contributed by atoms with van der Waals surface area (Å²) in [6.07, 6.45) is 1.62. The molecule has 3 heterocycles. The Balaban J connectivity index is 1.63.